The first-order chi connectivity index (χ1) is 13.3. The molecule has 0 spiro atoms. The molecule has 0 aliphatic heterocycles. The van der Waals surface area contributed by atoms with E-state index in [1.165, 1.54) is 13.8 Å². The van der Waals surface area contributed by atoms with Gasteiger partial charge in [0.1, 0.15) is 11.7 Å². The first-order valence-electron chi connectivity index (χ1n) is 10.5. The van der Waals surface area contributed by atoms with Crippen LogP contribution in [-0.4, -0.2) is 29.4 Å². The van der Waals surface area contributed by atoms with Crippen LogP contribution in [0.5, 0.6) is 0 Å². The molecule has 6 atom stereocenters. The van der Waals surface area contributed by atoms with Crippen LogP contribution in [0, 0.1) is 22.7 Å². The van der Waals surface area contributed by atoms with E-state index in [-0.39, 0.29) is 46.5 Å². The number of ether oxygens (including phenoxy) is 2. The van der Waals surface area contributed by atoms with Gasteiger partial charge in [-0.1, -0.05) is 32.9 Å². The molecule has 5 heteroatoms. The minimum absolute atomic E-state index is 0.0644. The van der Waals surface area contributed by atoms with Crippen LogP contribution in [0.3, 0.4) is 0 Å². The first-order valence-corrected chi connectivity index (χ1v) is 10.5. The van der Waals surface area contributed by atoms with E-state index in [2.05, 4.69) is 27.4 Å². The largest absolute Gasteiger partial charge is 0.462 e. The molecule has 0 aromatic rings. The van der Waals surface area contributed by atoms with Gasteiger partial charge in [0, 0.05) is 20.3 Å². The van der Waals surface area contributed by atoms with Gasteiger partial charge in [-0.15, -0.1) is 0 Å². The third-order valence-electron chi connectivity index (χ3n) is 7.76. The summed E-state index contributed by atoms with van der Waals surface area (Å²) in [6.07, 6.45) is 5.72. The van der Waals surface area contributed by atoms with E-state index < -0.39 is 5.60 Å². The fraction of sp³-hybridized carbons (Fsp3) is 0.708. The monoisotopic (exact) mass is 404 g/mol. The van der Waals surface area contributed by atoms with Crippen molar-refractivity contribution in [2.24, 2.45) is 22.7 Å². The van der Waals surface area contributed by atoms with Crippen molar-refractivity contribution in [3.63, 3.8) is 0 Å². The molecule has 0 unspecified atom stereocenters. The molecule has 0 heterocycles. The Kier molecular flexibility index (Phi) is 6.51. The SMILES string of the molecule is C=C[C@](C)(CC[C@]1(C)[C@H](C)[C@H](OC(C)=O)C[C@]2(C)C(C)=CC(=O)C[C@@H]12)OC(C)=O. The lowest BCUT2D eigenvalue weighted by Gasteiger charge is -2.59. The van der Waals surface area contributed by atoms with Crippen molar-refractivity contribution in [3.8, 4) is 0 Å². The summed E-state index contributed by atoms with van der Waals surface area (Å²) < 4.78 is 11.3. The predicted molar refractivity (Wildman–Crippen MR) is 112 cm³/mol. The number of hydrogen-bond donors (Lipinski definition) is 0. The number of carbonyl (C=O) groups is 3. The summed E-state index contributed by atoms with van der Waals surface area (Å²) in [7, 11) is 0. The minimum atomic E-state index is -0.775. The van der Waals surface area contributed by atoms with E-state index in [0.29, 0.717) is 19.3 Å². The summed E-state index contributed by atoms with van der Waals surface area (Å²) in [5.41, 5.74) is -0.215. The lowest BCUT2D eigenvalue weighted by molar-refractivity contribution is -0.174. The Morgan fingerprint density at radius 3 is 2.45 bits per heavy atom. The number of rotatable bonds is 6. The standard InChI is InChI=1S/C24H36O5/c1-9-22(6,29-18(5)26)10-11-23(7)16(3)20(28-17(4)25)14-24(8)15(2)12-19(27)13-21(23)24/h9,12,16,20-21H,1,10-11,13-14H2,2-8H3/t16-,20-,21+,22-,23-,24-/m1/s1. The van der Waals surface area contributed by atoms with E-state index in [1.807, 2.05) is 13.8 Å². The molecule has 0 bridgehead atoms. The van der Waals surface area contributed by atoms with Crippen LogP contribution in [0.15, 0.2) is 24.3 Å². The molecule has 0 radical (unpaired) electrons. The fourth-order valence-corrected chi connectivity index (χ4v) is 5.57. The third-order valence-corrected chi connectivity index (χ3v) is 7.76. The minimum Gasteiger partial charge on any atom is -0.462 e. The first kappa shape index (κ1) is 23.4. The van der Waals surface area contributed by atoms with Crippen molar-refractivity contribution >= 4 is 17.7 Å². The maximum atomic E-state index is 12.5. The Labute approximate surface area is 174 Å². The van der Waals surface area contributed by atoms with E-state index in [1.54, 1.807) is 12.2 Å². The number of carbonyl (C=O) groups excluding carboxylic acids is 3. The molecule has 162 valence electrons. The van der Waals surface area contributed by atoms with Crippen molar-refractivity contribution in [2.75, 3.05) is 0 Å². The zero-order valence-corrected chi connectivity index (χ0v) is 19.0. The number of esters is 2. The maximum Gasteiger partial charge on any atom is 0.303 e. The Morgan fingerprint density at radius 1 is 1.31 bits per heavy atom. The fourth-order valence-electron chi connectivity index (χ4n) is 5.57. The summed E-state index contributed by atoms with van der Waals surface area (Å²) in [6, 6.07) is 0. The van der Waals surface area contributed by atoms with Gasteiger partial charge in [-0.05, 0) is 67.9 Å². The molecule has 5 nitrogen and oxygen atoms in total. The van der Waals surface area contributed by atoms with Gasteiger partial charge in [0.05, 0.1) is 0 Å². The Balaban J connectivity index is 2.45. The second-order valence-corrected chi connectivity index (χ2v) is 9.72. The van der Waals surface area contributed by atoms with Gasteiger partial charge < -0.3 is 9.47 Å². The third kappa shape index (κ3) is 4.49. The van der Waals surface area contributed by atoms with Crippen LogP contribution in [0.1, 0.15) is 74.1 Å². The molecule has 2 rings (SSSR count). The average molecular weight is 405 g/mol. The normalized spacial score (nSPS) is 36.3. The van der Waals surface area contributed by atoms with Gasteiger partial charge in [-0.3, -0.25) is 14.4 Å². The highest BCUT2D eigenvalue weighted by Crippen LogP contribution is 2.62. The second-order valence-electron chi connectivity index (χ2n) is 9.72. The van der Waals surface area contributed by atoms with E-state index in [0.717, 1.165) is 12.0 Å². The van der Waals surface area contributed by atoms with Gasteiger partial charge in [0.25, 0.3) is 0 Å². The quantitative estimate of drug-likeness (QED) is 0.470. The average Bonchev–Trinajstić information content (AvgIpc) is 2.60. The van der Waals surface area contributed by atoms with Crippen LogP contribution < -0.4 is 0 Å². The van der Waals surface area contributed by atoms with E-state index in [4.69, 9.17) is 9.47 Å². The summed E-state index contributed by atoms with van der Waals surface area (Å²) in [4.78, 5) is 35.8. The molecule has 0 aromatic carbocycles. The summed E-state index contributed by atoms with van der Waals surface area (Å²) >= 11 is 0. The van der Waals surface area contributed by atoms with Gasteiger partial charge in [-0.2, -0.15) is 0 Å². The van der Waals surface area contributed by atoms with Gasteiger partial charge in [0.2, 0.25) is 0 Å². The van der Waals surface area contributed by atoms with E-state index >= 15 is 0 Å². The lowest BCUT2D eigenvalue weighted by Crippen LogP contribution is -2.57. The Bertz CT molecular complexity index is 738. The molecule has 2 aliphatic carbocycles. The van der Waals surface area contributed by atoms with Gasteiger partial charge in [-0.25, -0.2) is 0 Å². The number of hydrogen-bond acceptors (Lipinski definition) is 5. The zero-order chi connectivity index (χ0) is 22.2. The predicted octanol–water partition coefficient (Wildman–Crippen LogP) is 4.79. The van der Waals surface area contributed by atoms with Gasteiger partial charge >= 0.3 is 11.9 Å². The second kappa shape index (κ2) is 8.08. The maximum absolute atomic E-state index is 12.5. The highest BCUT2D eigenvalue weighted by Gasteiger charge is 2.58. The lowest BCUT2D eigenvalue weighted by atomic mass is 9.46. The van der Waals surface area contributed by atoms with Crippen molar-refractivity contribution in [2.45, 2.75) is 85.9 Å². The molecular formula is C24H36O5. The summed E-state index contributed by atoms with van der Waals surface area (Å²) in [5, 5.41) is 0. The van der Waals surface area contributed by atoms with Crippen LogP contribution in [0.4, 0.5) is 0 Å². The molecule has 0 amide bonds. The zero-order valence-electron chi connectivity index (χ0n) is 19.0. The van der Waals surface area contributed by atoms with Crippen molar-refractivity contribution in [1.29, 1.82) is 0 Å². The van der Waals surface area contributed by atoms with Gasteiger partial charge in [0.15, 0.2) is 5.78 Å². The smallest absolute Gasteiger partial charge is 0.303 e. The number of fused-ring (bicyclic) bond motifs is 1. The summed E-state index contributed by atoms with van der Waals surface area (Å²) in [5.74, 6) is -0.282. The van der Waals surface area contributed by atoms with Crippen molar-refractivity contribution in [3.05, 3.63) is 24.3 Å². The Morgan fingerprint density at radius 2 is 1.93 bits per heavy atom. The summed E-state index contributed by atoms with van der Waals surface area (Å²) in [6.45, 7) is 17.1. The highest BCUT2D eigenvalue weighted by atomic mass is 16.6. The van der Waals surface area contributed by atoms with Crippen molar-refractivity contribution < 1.29 is 23.9 Å². The molecule has 0 aromatic heterocycles. The molecule has 1 saturated carbocycles. The topological polar surface area (TPSA) is 69.7 Å². The molecule has 2 aliphatic rings. The van der Waals surface area contributed by atoms with Crippen LogP contribution in [0.2, 0.25) is 0 Å². The molecule has 0 N–H and O–H groups in total. The van der Waals surface area contributed by atoms with Crippen LogP contribution >= 0.6 is 0 Å². The highest BCUT2D eigenvalue weighted by molar-refractivity contribution is 5.92. The molecular weight excluding hydrogens is 368 g/mol. The van der Waals surface area contributed by atoms with Crippen LogP contribution in [-0.2, 0) is 23.9 Å². The Hall–Kier alpha value is -1.91. The van der Waals surface area contributed by atoms with Crippen molar-refractivity contribution in [1.82, 2.24) is 0 Å². The molecule has 29 heavy (non-hydrogen) atoms. The number of ketones is 1. The molecule has 0 saturated heterocycles. The van der Waals surface area contributed by atoms with Crippen LogP contribution in [0.25, 0.3) is 0 Å². The number of allylic oxidation sites excluding steroid dienone is 2. The van der Waals surface area contributed by atoms with E-state index in [9.17, 15) is 14.4 Å². The molecule has 1 fully saturated rings.